The Bertz CT molecular complexity index is 453. The van der Waals surface area contributed by atoms with Gasteiger partial charge in [0.15, 0.2) is 0 Å². The van der Waals surface area contributed by atoms with Gasteiger partial charge in [-0.3, -0.25) is 0 Å². The van der Waals surface area contributed by atoms with Gasteiger partial charge in [-0.15, -0.1) is 6.58 Å². The Morgan fingerprint density at radius 1 is 0.750 bits per heavy atom. The fourth-order valence-corrected chi connectivity index (χ4v) is 6.95. The lowest BCUT2D eigenvalue weighted by Gasteiger charge is -2.38. The van der Waals surface area contributed by atoms with Gasteiger partial charge in [-0.2, -0.15) is 0 Å². The van der Waals surface area contributed by atoms with Crippen molar-refractivity contribution in [3.8, 4) is 0 Å². The molecule has 0 aromatic carbocycles. The van der Waals surface area contributed by atoms with Gasteiger partial charge in [-0.05, 0) is 75.0 Å². The molecule has 0 aliphatic heterocycles. The third-order valence-electron chi connectivity index (χ3n) is 8.93. The minimum Gasteiger partial charge on any atom is -0.384 e. The molecule has 1 nitrogen and oxygen atoms in total. The zero-order valence-electron chi connectivity index (χ0n) is 22.4. The summed E-state index contributed by atoms with van der Waals surface area (Å²) in [5.74, 6) is 4.90. The molecule has 0 radical (unpaired) electrons. The highest BCUT2D eigenvalue weighted by atomic mass is 16.5. The van der Waals surface area contributed by atoms with E-state index in [0.29, 0.717) is 5.92 Å². The molecule has 0 N–H and O–H groups in total. The number of rotatable bonds is 17. The van der Waals surface area contributed by atoms with E-state index < -0.39 is 0 Å². The van der Waals surface area contributed by atoms with Crippen molar-refractivity contribution in [1.82, 2.24) is 0 Å². The molecule has 2 fully saturated rings. The van der Waals surface area contributed by atoms with Gasteiger partial charge in [0.1, 0.15) is 0 Å². The average molecular weight is 447 g/mol. The maximum Gasteiger partial charge on any atom is 0.0493 e. The van der Waals surface area contributed by atoms with E-state index in [1.165, 1.54) is 102 Å². The van der Waals surface area contributed by atoms with E-state index in [0.717, 1.165) is 36.7 Å². The molecule has 32 heavy (non-hydrogen) atoms. The fraction of sp³-hybridized carbons (Fsp3) is 0.935. The summed E-state index contributed by atoms with van der Waals surface area (Å²) in [7, 11) is 1.84. The van der Waals surface area contributed by atoms with E-state index in [-0.39, 0.29) is 0 Å². The van der Waals surface area contributed by atoms with Crippen molar-refractivity contribution in [2.45, 2.75) is 142 Å². The molecule has 1 heteroatoms. The Kier molecular flexibility index (Phi) is 15.0. The normalized spacial score (nSPS) is 27.3. The molecule has 188 valence electrons. The van der Waals surface area contributed by atoms with Gasteiger partial charge in [0.25, 0.3) is 0 Å². The number of hydrogen-bond acceptors (Lipinski definition) is 1. The van der Waals surface area contributed by atoms with Crippen molar-refractivity contribution in [2.24, 2.45) is 29.6 Å². The van der Waals surface area contributed by atoms with Crippen LogP contribution in [0, 0.1) is 29.6 Å². The maximum atomic E-state index is 5.44. The number of unbranched alkanes of at least 4 members (excludes halogenated alkanes) is 6. The van der Waals surface area contributed by atoms with Gasteiger partial charge in [-0.25, -0.2) is 0 Å². The van der Waals surface area contributed by atoms with E-state index in [2.05, 4.69) is 20.4 Å². The van der Waals surface area contributed by atoms with Gasteiger partial charge in [0.05, 0.1) is 0 Å². The number of ether oxygens (including phenoxy) is 1. The number of hydrogen-bond donors (Lipinski definition) is 0. The van der Waals surface area contributed by atoms with Crippen LogP contribution < -0.4 is 0 Å². The molecular weight excluding hydrogens is 388 g/mol. The largest absolute Gasteiger partial charge is 0.384 e. The number of allylic oxidation sites excluding steroid dienone is 1. The first kappa shape index (κ1) is 27.9. The molecule has 0 aromatic rings. The van der Waals surface area contributed by atoms with Crippen molar-refractivity contribution in [2.75, 3.05) is 13.7 Å². The summed E-state index contributed by atoms with van der Waals surface area (Å²) in [5.41, 5.74) is 1.31. The van der Waals surface area contributed by atoms with Gasteiger partial charge < -0.3 is 4.74 Å². The van der Waals surface area contributed by atoms with Gasteiger partial charge in [0, 0.05) is 13.7 Å². The molecule has 2 rings (SSSR count). The molecule has 1 unspecified atom stereocenters. The molecular formula is C31H58O. The molecule has 0 amide bonds. The van der Waals surface area contributed by atoms with E-state index in [1.54, 1.807) is 25.7 Å². The van der Waals surface area contributed by atoms with Crippen LogP contribution in [0.15, 0.2) is 12.2 Å². The zero-order chi connectivity index (χ0) is 23.0. The minimum absolute atomic E-state index is 0.685. The van der Waals surface area contributed by atoms with E-state index in [9.17, 15) is 0 Å². The van der Waals surface area contributed by atoms with Crippen LogP contribution in [0.25, 0.3) is 0 Å². The molecule has 1 atom stereocenters. The van der Waals surface area contributed by atoms with Crippen LogP contribution in [-0.4, -0.2) is 13.7 Å². The standard InChI is InChI=1S/C31H58O/c1-5-6-7-8-9-10-11-13-27-16-20-30(21-17-27)31-22-18-28(19-23-31)14-12-15-29(25-32-4)24-26(2)3/h27-31H,2,5-25H2,1,3-4H3. The fourth-order valence-electron chi connectivity index (χ4n) is 6.95. The predicted octanol–water partition coefficient (Wildman–Crippen LogP) is 10.1. The van der Waals surface area contributed by atoms with Gasteiger partial charge in [-0.1, -0.05) is 102 Å². The summed E-state index contributed by atoms with van der Waals surface area (Å²) < 4.78 is 5.44. The third kappa shape index (κ3) is 11.7. The second-order valence-electron chi connectivity index (χ2n) is 11.9. The van der Waals surface area contributed by atoms with Crippen LogP contribution in [-0.2, 0) is 4.74 Å². The Morgan fingerprint density at radius 3 is 1.75 bits per heavy atom. The lowest BCUT2D eigenvalue weighted by atomic mass is 9.68. The van der Waals surface area contributed by atoms with E-state index >= 15 is 0 Å². The second kappa shape index (κ2) is 17.2. The molecule has 2 aliphatic rings. The summed E-state index contributed by atoms with van der Waals surface area (Å²) in [6.07, 6.45) is 29.4. The first-order valence-electron chi connectivity index (χ1n) is 14.8. The molecule has 0 aromatic heterocycles. The van der Waals surface area contributed by atoms with Crippen LogP contribution in [0.3, 0.4) is 0 Å². The molecule has 2 saturated carbocycles. The quantitative estimate of drug-likeness (QED) is 0.159. The van der Waals surface area contributed by atoms with Crippen LogP contribution in [0.4, 0.5) is 0 Å². The molecule has 0 heterocycles. The lowest BCUT2D eigenvalue weighted by molar-refractivity contribution is 0.132. The predicted molar refractivity (Wildman–Crippen MR) is 142 cm³/mol. The summed E-state index contributed by atoms with van der Waals surface area (Å²) in [4.78, 5) is 0. The smallest absolute Gasteiger partial charge is 0.0493 e. The highest BCUT2D eigenvalue weighted by Crippen LogP contribution is 2.43. The van der Waals surface area contributed by atoms with Crippen molar-refractivity contribution < 1.29 is 4.74 Å². The monoisotopic (exact) mass is 446 g/mol. The molecule has 0 bridgehead atoms. The highest BCUT2D eigenvalue weighted by molar-refractivity contribution is 4.90. The maximum absolute atomic E-state index is 5.44. The zero-order valence-corrected chi connectivity index (χ0v) is 22.4. The summed E-state index contributed by atoms with van der Waals surface area (Å²) in [6, 6.07) is 0. The SMILES string of the molecule is C=C(C)CC(CCCC1CCC(C2CCC(CCCCCCCCC)CC2)CC1)COC. The Labute approximate surface area is 202 Å². The summed E-state index contributed by atoms with van der Waals surface area (Å²) in [5, 5.41) is 0. The van der Waals surface area contributed by atoms with Crippen molar-refractivity contribution in [3.63, 3.8) is 0 Å². The van der Waals surface area contributed by atoms with Crippen LogP contribution in [0.2, 0.25) is 0 Å². The minimum atomic E-state index is 0.685. The van der Waals surface area contributed by atoms with Crippen LogP contribution >= 0.6 is 0 Å². The van der Waals surface area contributed by atoms with E-state index in [4.69, 9.17) is 4.74 Å². The molecule has 2 aliphatic carbocycles. The second-order valence-corrected chi connectivity index (χ2v) is 11.9. The summed E-state index contributed by atoms with van der Waals surface area (Å²) >= 11 is 0. The third-order valence-corrected chi connectivity index (χ3v) is 8.93. The van der Waals surface area contributed by atoms with E-state index in [1.807, 2.05) is 7.11 Å². The van der Waals surface area contributed by atoms with Gasteiger partial charge in [0.2, 0.25) is 0 Å². The highest BCUT2D eigenvalue weighted by Gasteiger charge is 2.30. The van der Waals surface area contributed by atoms with Crippen molar-refractivity contribution >= 4 is 0 Å². The van der Waals surface area contributed by atoms with Crippen LogP contribution in [0.5, 0.6) is 0 Å². The average Bonchev–Trinajstić information content (AvgIpc) is 2.79. The van der Waals surface area contributed by atoms with Crippen molar-refractivity contribution in [1.29, 1.82) is 0 Å². The molecule has 0 saturated heterocycles. The van der Waals surface area contributed by atoms with Gasteiger partial charge >= 0.3 is 0 Å². The first-order valence-corrected chi connectivity index (χ1v) is 14.8. The Balaban J connectivity index is 1.51. The Morgan fingerprint density at radius 2 is 1.25 bits per heavy atom. The summed E-state index contributed by atoms with van der Waals surface area (Å²) in [6.45, 7) is 9.48. The first-order chi connectivity index (χ1) is 15.6. The lowest BCUT2D eigenvalue weighted by Crippen LogP contribution is -2.26. The Hall–Kier alpha value is -0.300. The topological polar surface area (TPSA) is 9.23 Å². The number of methoxy groups -OCH3 is 1. The van der Waals surface area contributed by atoms with Crippen LogP contribution in [0.1, 0.15) is 142 Å². The molecule has 0 spiro atoms. The van der Waals surface area contributed by atoms with Crippen molar-refractivity contribution in [3.05, 3.63) is 12.2 Å².